The molecule has 0 atom stereocenters. The molecule has 0 radical (unpaired) electrons. The molecule has 0 aliphatic carbocycles. The van der Waals surface area contributed by atoms with Gasteiger partial charge in [0.2, 0.25) is 0 Å². The van der Waals surface area contributed by atoms with E-state index in [0.717, 1.165) is 10.1 Å². The van der Waals surface area contributed by atoms with Gasteiger partial charge in [-0.1, -0.05) is 23.7 Å². The first-order chi connectivity index (χ1) is 11.0. The quantitative estimate of drug-likeness (QED) is 0.796. The van der Waals surface area contributed by atoms with Gasteiger partial charge in [0.25, 0.3) is 5.56 Å². The minimum absolute atomic E-state index is 0.360. The normalized spacial score (nSPS) is 10.9. The molecule has 1 aromatic carbocycles. The van der Waals surface area contributed by atoms with Crippen LogP contribution in [-0.2, 0) is 20.6 Å². The lowest BCUT2D eigenvalue weighted by Gasteiger charge is -2.12. The molecule has 2 heterocycles. The molecule has 23 heavy (non-hydrogen) atoms. The maximum atomic E-state index is 12.4. The van der Waals surface area contributed by atoms with Crippen LogP contribution in [0.3, 0.4) is 0 Å². The summed E-state index contributed by atoms with van der Waals surface area (Å²) in [6, 6.07) is 9.17. The Labute approximate surface area is 137 Å². The first-order valence-corrected chi connectivity index (χ1v) is 7.40. The van der Waals surface area contributed by atoms with Crippen LogP contribution in [0.4, 0.5) is 5.69 Å². The molecule has 0 unspecified atom stereocenters. The largest absolute Gasteiger partial charge is 0.380 e. The van der Waals surface area contributed by atoms with Crippen molar-refractivity contribution < 1.29 is 0 Å². The molecule has 0 aliphatic heterocycles. The number of hydrogen-bond donors (Lipinski definition) is 1. The zero-order valence-corrected chi connectivity index (χ0v) is 13.5. The maximum Gasteiger partial charge on any atom is 0.332 e. The Balaban J connectivity index is 2.06. The second-order valence-corrected chi connectivity index (χ2v) is 5.68. The van der Waals surface area contributed by atoms with E-state index in [9.17, 15) is 9.59 Å². The lowest BCUT2D eigenvalue weighted by atomic mass is 10.2. The minimum atomic E-state index is -0.398. The van der Waals surface area contributed by atoms with Crippen LogP contribution in [0.2, 0.25) is 5.02 Å². The van der Waals surface area contributed by atoms with E-state index in [1.54, 1.807) is 19.3 Å². The Morgan fingerprint density at radius 3 is 2.48 bits per heavy atom. The highest BCUT2D eigenvalue weighted by atomic mass is 35.5. The minimum Gasteiger partial charge on any atom is -0.380 e. The summed E-state index contributed by atoms with van der Waals surface area (Å²) < 4.78 is 2.45. The molecule has 0 amide bonds. The summed E-state index contributed by atoms with van der Waals surface area (Å²) >= 11 is 5.87. The van der Waals surface area contributed by atoms with Gasteiger partial charge in [-0.2, -0.15) is 0 Å². The number of aromatic nitrogens is 3. The van der Waals surface area contributed by atoms with E-state index in [1.807, 2.05) is 24.3 Å². The monoisotopic (exact) mass is 330 g/mol. The van der Waals surface area contributed by atoms with Gasteiger partial charge < -0.3 is 5.32 Å². The number of anilines is 1. The summed E-state index contributed by atoms with van der Waals surface area (Å²) in [6.07, 6.45) is 1.57. The average Bonchev–Trinajstić information content (AvgIpc) is 2.57. The van der Waals surface area contributed by atoms with Gasteiger partial charge in [0.05, 0.1) is 5.69 Å². The Bertz CT molecular complexity index is 990. The first-order valence-electron chi connectivity index (χ1n) is 7.02. The molecule has 0 saturated heterocycles. The summed E-state index contributed by atoms with van der Waals surface area (Å²) in [4.78, 5) is 28.6. The van der Waals surface area contributed by atoms with Crippen molar-refractivity contribution in [2.45, 2.75) is 6.54 Å². The third-order valence-corrected chi connectivity index (χ3v) is 3.99. The zero-order chi connectivity index (χ0) is 16.6. The number of aryl methyl sites for hydroxylation is 1. The van der Waals surface area contributed by atoms with E-state index >= 15 is 0 Å². The van der Waals surface area contributed by atoms with Gasteiger partial charge in [0.15, 0.2) is 5.65 Å². The third kappa shape index (κ3) is 2.73. The standard InChI is InChI=1S/C16H15ClN4O2/c1-20-14-13(15(22)21(2)16(20)23)12(7-8-18-14)19-9-10-3-5-11(17)6-4-10/h3-8H,9H2,1-2H3,(H,18,19). The van der Waals surface area contributed by atoms with E-state index in [4.69, 9.17) is 11.6 Å². The Morgan fingerprint density at radius 2 is 1.78 bits per heavy atom. The molecule has 0 saturated carbocycles. The van der Waals surface area contributed by atoms with Gasteiger partial charge in [-0.25, -0.2) is 9.78 Å². The fourth-order valence-corrected chi connectivity index (χ4v) is 2.56. The van der Waals surface area contributed by atoms with Crippen LogP contribution in [0.25, 0.3) is 11.0 Å². The van der Waals surface area contributed by atoms with Gasteiger partial charge in [-0.3, -0.25) is 13.9 Å². The molecule has 6 nitrogen and oxygen atoms in total. The molecular weight excluding hydrogens is 316 g/mol. The van der Waals surface area contributed by atoms with Crippen molar-refractivity contribution >= 4 is 28.3 Å². The molecule has 0 bridgehead atoms. The molecule has 0 aliphatic rings. The summed E-state index contributed by atoms with van der Waals surface area (Å²) in [5, 5.41) is 4.29. The van der Waals surface area contributed by atoms with Crippen LogP contribution < -0.4 is 16.6 Å². The van der Waals surface area contributed by atoms with Crippen LogP contribution in [0.1, 0.15) is 5.56 Å². The first kappa shape index (κ1) is 15.3. The van der Waals surface area contributed by atoms with Gasteiger partial charge in [-0.05, 0) is 23.8 Å². The maximum absolute atomic E-state index is 12.4. The average molecular weight is 331 g/mol. The fourth-order valence-electron chi connectivity index (χ4n) is 2.43. The molecule has 3 rings (SSSR count). The fraction of sp³-hybridized carbons (Fsp3) is 0.188. The van der Waals surface area contributed by atoms with E-state index < -0.39 is 5.69 Å². The van der Waals surface area contributed by atoms with Crippen molar-refractivity contribution in [1.29, 1.82) is 0 Å². The van der Waals surface area contributed by atoms with E-state index in [1.165, 1.54) is 11.6 Å². The summed E-state index contributed by atoms with van der Waals surface area (Å²) in [5.74, 6) is 0. The lowest BCUT2D eigenvalue weighted by molar-refractivity contribution is 0.708. The van der Waals surface area contributed by atoms with Crippen LogP contribution in [0.15, 0.2) is 46.1 Å². The van der Waals surface area contributed by atoms with Crippen molar-refractivity contribution in [3.8, 4) is 0 Å². The SMILES string of the molecule is Cn1c(=O)c2c(NCc3ccc(Cl)cc3)ccnc2n(C)c1=O. The Kier molecular flexibility index (Phi) is 3.92. The van der Waals surface area contributed by atoms with E-state index in [2.05, 4.69) is 10.3 Å². The number of rotatable bonds is 3. The van der Waals surface area contributed by atoms with Crippen molar-refractivity contribution in [1.82, 2.24) is 14.1 Å². The van der Waals surface area contributed by atoms with Gasteiger partial charge in [0.1, 0.15) is 5.39 Å². The third-order valence-electron chi connectivity index (χ3n) is 3.74. The number of hydrogen-bond acceptors (Lipinski definition) is 4. The summed E-state index contributed by atoms with van der Waals surface area (Å²) in [5.41, 5.74) is 1.26. The molecule has 1 N–H and O–H groups in total. The summed E-state index contributed by atoms with van der Waals surface area (Å²) in [6.45, 7) is 0.530. The number of pyridine rings is 1. The predicted octanol–water partition coefficient (Wildman–Crippen LogP) is 1.90. The van der Waals surface area contributed by atoms with Crippen molar-refractivity contribution in [3.05, 3.63) is 68.0 Å². The van der Waals surface area contributed by atoms with Crippen molar-refractivity contribution in [3.63, 3.8) is 0 Å². The van der Waals surface area contributed by atoms with Crippen LogP contribution in [-0.4, -0.2) is 14.1 Å². The Hall–Kier alpha value is -2.60. The number of nitrogens with zero attached hydrogens (tertiary/aromatic N) is 3. The van der Waals surface area contributed by atoms with Crippen LogP contribution in [0.5, 0.6) is 0 Å². The number of benzene rings is 1. The predicted molar refractivity (Wildman–Crippen MR) is 91.0 cm³/mol. The van der Waals surface area contributed by atoms with Gasteiger partial charge in [0, 0.05) is 31.9 Å². The molecule has 0 fully saturated rings. The lowest BCUT2D eigenvalue weighted by Crippen LogP contribution is -2.37. The van der Waals surface area contributed by atoms with E-state index in [0.29, 0.717) is 28.3 Å². The Morgan fingerprint density at radius 1 is 1.09 bits per heavy atom. The topological polar surface area (TPSA) is 68.9 Å². The van der Waals surface area contributed by atoms with Crippen LogP contribution >= 0.6 is 11.6 Å². The van der Waals surface area contributed by atoms with Gasteiger partial charge >= 0.3 is 5.69 Å². The van der Waals surface area contributed by atoms with Crippen molar-refractivity contribution in [2.75, 3.05) is 5.32 Å². The highest BCUT2D eigenvalue weighted by molar-refractivity contribution is 6.30. The number of fused-ring (bicyclic) bond motifs is 1. The van der Waals surface area contributed by atoms with Crippen LogP contribution in [0, 0.1) is 0 Å². The number of halogens is 1. The molecule has 0 spiro atoms. The second kappa shape index (κ2) is 5.89. The second-order valence-electron chi connectivity index (χ2n) is 5.24. The highest BCUT2D eigenvalue weighted by Crippen LogP contribution is 2.18. The van der Waals surface area contributed by atoms with Crippen molar-refractivity contribution in [2.24, 2.45) is 14.1 Å². The molecular formula is C16H15ClN4O2. The molecule has 3 aromatic rings. The smallest absolute Gasteiger partial charge is 0.332 e. The highest BCUT2D eigenvalue weighted by Gasteiger charge is 2.13. The molecule has 118 valence electrons. The molecule has 7 heteroatoms. The zero-order valence-electron chi connectivity index (χ0n) is 12.7. The van der Waals surface area contributed by atoms with E-state index in [-0.39, 0.29) is 5.56 Å². The summed E-state index contributed by atoms with van der Waals surface area (Å²) in [7, 11) is 3.06. The number of nitrogens with one attached hydrogen (secondary N) is 1. The molecule has 2 aromatic heterocycles. The van der Waals surface area contributed by atoms with Gasteiger partial charge in [-0.15, -0.1) is 0 Å².